The largest absolute Gasteiger partial charge is 0.396 e. The molecule has 0 aromatic carbocycles. The highest BCUT2D eigenvalue weighted by Crippen LogP contribution is 2.41. The van der Waals surface area contributed by atoms with Gasteiger partial charge in [-0.15, -0.1) is 0 Å². The van der Waals surface area contributed by atoms with Crippen LogP contribution in [-0.4, -0.2) is 24.9 Å². The molecule has 2 heteroatoms. The molecule has 2 nitrogen and oxygen atoms in total. The summed E-state index contributed by atoms with van der Waals surface area (Å²) in [6.45, 7) is 6.44. The van der Waals surface area contributed by atoms with Crippen molar-refractivity contribution < 1.29 is 9.84 Å². The molecular formula is C11H22O2. The van der Waals surface area contributed by atoms with E-state index in [0.717, 1.165) is 26.1 Å². The molecule has 0 atom stereocenters. The highest BCUT2D eigenvalue weighted by molar-refractivity contribution is 4.86. The maximum absolute atomic E-state index is 9.52. The summed E-state index contributed by atoms with van der Waals surface area (Å²) in [4.78, 5) is 0. The highest BCUT2D eigenvalue weighted by atomic mass is 16.5. The first-order chi connectivity index (χ1) is 6.29. The van der Waals surface area contributed by atoms with E-state index in [2.05, 4.69) is 13.8 Å². The second-order valence-corrected chi connectivity index (χ2v) is 4.15. The van der Waals surface area contributed by atoms with Gasteiger partial charge in [0, 0.05) is 25.2 Å². The van der Waals surface area contributed by atoms with Crippen LogP contribution in [0.5, 0.6) is 0 Å². The van der Waals surface area contributed by atoms with Crippen LogP contribution in [-0.2, 0) is 4.74 Å². The second-order valence-electron chi connectivity index (χ2n) is 4.15. The summed E-state index contributed by atoms with van der Waals surface area (Å²) in [7, 11) is 0. The summed E-state index contributed by atoms with van der Waals surface area (Å²) >= 11 is 0. The predicted octanol–water partition coefficient (Wildman–Crippen LogP) is 2.21. The van der Waals surface area contributed by atoms with Gasteiger partial charge in [-0.05, 0) is 18.8 Å². The Labute approximate surface area is 81.3 Å². The molecule has 0 spiro atoms. The Balaban J connectivity index is 2.64. The minimum Gasteiger partial charge on any atom is -0.396 e. The summed E-state index contributed by atoms with van der Waals surface area (Å²) in [5.41, 5.74) is 0.168. The average Bonchev–Trinajstić information content (AvgIpc) is 2.21. The van der Waals surface area contributed by atoms with E-state index in [4.69, 9.17) is 4.74 Å². The number of rotatable bonds is 4. The number of ether oxygens (including phenoxy) is 1. The van der Waals surface area contributed by atoms with Crippen LogP contribution >= 0.6 is 0 Å². The third-order valence-electron chi connectivity index (χ3n) is 3.66. The van der Waals surface area contributed by atoms with E-state index >= 15 is 0 Å². The van der Waals surface area contributed by atoms with Crippen LogP contribution < -0.4 is 0 Å². The normalized spacial score (nSPS) is 22.2. The van der Waals surface area contributed by atoms with Crippen molar-refractivity contribution in [2.24, 2.45) is 11.3 Å². The molecule has 13 heavy (non-hydrogen) atoms. The van der Waals surface area contributed by atoms with Gasteiger partial charge >= 0.3 is 0 Å². The van der Waals surface area contributed by atoms with Gasteiger partial charge in [0.2, 0.25) is 0 Å². The number of hydrogen-bond donors (Lipinski definition) is 1. The minimum absolute atomic E-state index is 0.168. The molecule has 0 unspecified atom stereocenters. The van der Waals surface area contributed by atoms with Gasteiger partial charge in [0.1, 0.15) is 0 Å². The molecule has 1 N–H and O–H groups in total. The van der Waals surface area contributed by atoms with Crippen LogP contribution in [0.15, 0.2) is 0 Å². The van der Waals surface area contributed by atoms with Crippen LogP contribution in [0.4, 0.5) is 0 Å². The molecule has 78 valence electrons. The zero-order valence-electron chi connectivity index (χ0n) is 8.88. The van der Waals surface area contributed by atoms with E-state index in [1.807, 2.05) is 0 Å². The Bertz CT molecular complexity index is 135. The standard InChI is InChI=1S/C11H22O2/c1-3-10(4-2)11(9-12)5-7-13-8-6-11/h10,12H,3-9H2,1-2H3. The van der Waals surface area contributed by atoms with Crippen LogP contribution in [0.2, 0.25) is 0 Å². The molecule has 0 aromatic rings. The van der Waals surface area contributed by atoms with Crippen molar-refractivity contribution in [2.75, 3.05) is 19.8 Å². The number of aliphatic hydroxyl groups is 1. The first-order valence-electron chi connectivity index (χ1n) is 5.47. The van der Waals surface area contributed by atoms with Crippen LogP contribution in [0.1, 0.15) is 39.5 Å². The Morgan fingerprint density at radius 2 is 1.77 bits per heavy atom. The van der Waals surface area contributed by atoms with Gasteiger partial charge in [0.25, 0.3) is 0 Å². The lowest BCUT2D eigenvalue weighted by Crippen LogP contribution is -2.39. The van der Waals surface area contributed by atoms with Crippen molar-refractivity contribution in [1.29, 1.82) is 0 Å². The Morgan fingerprint density at radius 1 is 1.23 bits per heavy atom. The smallest absolute Gasteiger partial charge is 0.0491 e. The molecule has 0 amide bonds. The molecule has 1 saturated heterocycles. The van der Waals surface area contributed by atoms with Crippen molar-refractivity contribution in [3.05, 3.63) is 0 Å². The highest BCUT2D eigenvalue weighted by Gasteiger charge is 2.37. The van der Waals surface area contributed by atoms with E-state index in [1.54, 1.807) is 0 Å². The third kappa shape index (κ3) is 2.23. The summed E-state index contributed by atoms with van der Waals surface area (Å²) in [5.74, 6) is 0.668. The fourth-order valence-electron chi connectivity index (χ4n) is 2.63. The number of hydrogen-bond acceptors (Lipinski definition) is 2. The van der Waals surface area contributed by atoms with Gasteiger partial charge < -0.3 is 9.84 Å². The Kier molecular flexibility index (Phi) is 4.20. The molecular weight excluding hydrogens is 164 g/mol. The fraction of sp³-hybridized carbons (Fsp3) is 1.00. The van der Waals surface area contributed by atoms with Crippen LogP contribution in [0.3, 0.4) is 0 Å². The van der Waals surface area contributed by atoms with Crippen molar-refractivity contribution in [2.45, 2.75) is 39.5 Å². The fourth-order valence-corrected chi connectivity index (χ4v) is 2.63. The molecule has 0 radical (unpaired) electrons. The van der Waals surface area contributed by atoms with Crippen molar-refractivity contribution in [1.82, 2.24) is 0 Å². The van der Waals surface area contributed by atoms with Crippen LogP contribution in [0.25, 0.3) is 0 Å². The van der Waals surface area contributed by atoms with E-state index in [-0.39, 0.29) is 5.41 Å². The average molecular weight is 186 g/mol. The van der Waals surface area contributed by atoms with E-state index in [0.29, 0.717) is 12.5 Å². The lowest BCUT2D eigenvalue weighted by Gasteiger charge is -2.41. The molecule has 1 fully saturated rings. The second kappa shape index (κ2) is 4.97. The van der Waals surface area contributed by atoms with Gasteiger partial charge in [-0.1, -0.05) is 26.7 Å². The molecule has 1 aliphatic heterocycles. The number of aliphatic hydroxyl groups excluding tert-OH is 1. The van der Waals surface area contributed by atoms with Crippen molar-refractivity contribution in [3.8, 4) is 0 Å². The molecule has 0 aliphatic carbocycles. The molecule has 0 bridgehead atoms. The minimum atomic E-state index is 0.168. The summed E-state index contributed by atoms with van der Waals surface area (Å²) < 4.78 is 5.35. The van der Waals surface area contributed by atoms with E-state index in [9.17, 15) is 5.11 Å². The monoisotopic (exact) mass is 186 g/mol. The Morgan fingerprint density at radius 3 is 2.15 bits per heavy atom. The molecule has 1 heterocycles. The zero-order chi connectivity index (χ0) is 9.73. The molecule has 0 saturated carbocycles. The molecule has 0 aromatic heterocycles. The topological polar surface area (TPSA) is 29.5 Å². The maximum Gasteiger partial charge on any atom is 0.0491 e. The van der Waals surface area contributed by atoms with Crippen molar-refractivity contribution >= 4 is 0 Å². The Hall–Kier alpha value is -0.0800. The SMILES string of the molecule is CCC(CC)C1(CO)CCOCC1. The maximum atomic E-state index is 9.52. The summed E-state index contributed by atoms with van der Waals surface area (Å²) in [6, 6.07) is 0. The first kappa shape index (κ1) is 11.0. The lowest BCUT2D eigenvalue weighted by molar-refractivity contribution is -0.0524. The van der Waals surface area contributed by atoms with Gasteiger partial charge in [0.05, 0.1) is 0 Å². The lowest BCUT2D eigenvalue weighted by atomic mass is 9.68. The van der Waals surface area contributed by atoms with E-state index < -0.39 is 0 Å². The van der Waals surface area contributed by atoms with Crippen LogP contribution in [0, 0.1) is 11.3 Å². The third-order valence-corrected chi connectivity index (χ3v) is 3.66. The van der Waals surface area contributed by atoms with Gasteiger partial charge in [-0.25, -0.2) is 0 Å². The zero-order valence-corrected chi connectivity index (χ0v) is 8.88. The molecule has 1 aliphatic rings. The quantitative estimate of drug-likeness (QED) is 0.729. The van der Waals surface area contributed by atoms with Gasteiger partial charge in [-0.3, -0.25) is 0 Å². The summed E-state index contributed by atoms with van der Waals surface area (Å²) in [5, 5.41) is 9.52. The van der Waals surface area contributed by atoms with Crippen molar-refractivity contribution in [3.63, 3.8) is 0 Å². The summed E-state index contributed by atoms with van der Waals surface area (Å²) in [6.07, 6.45) is 4.43. The predicted molar refractivity (Wildman–Crippen MR) is 53.6 cm³/mol. The first-order valence-corrected chi connectivity index (χ1v) is 5.47. The van der Waals surface area contributed by atoms with Gasteiger partial charge in [0.15, 0.2) is 0 Å². The van der Waals surface area contributed by atoms with Gasteiger partial charge in [-0.2, -0.15) is 0 Å². The molecule has 1 rings (SSSR count). The van der Waals surface area contributed by atoms with E-state index in [1.165, 1.54) is 12.8 Å².